The van der Waals surface area contributed by atoms with Gasteiger partial charge in [-0.25, -0.2) is 22.9 Å². The summed E-state index contributed by atoms with van der Waals surface area (Å²) in [5.41, 5.74) is 5.86. The van der Waals surface area contributed by atoms with E-state index in [-0.39, 0.29) is 23.9 Å². The van der Waals surface area contributed by atoms with Crippen LogP contribution in [0, 0.1) is 0 Å². The van der Waals surface area contributed by atoms with E-state index in [1.54, 1.807) is 12.3 Å². The van der Waals surface area contributed by atoms with E-state index in [0.717, 1.165) is 6.07 Å². The first-order chi connectivity index (χ1) is 9.92. The summed E-state index contributed by atoms with van der Waals surface area (Å²) in [6.07, 6.45) is 0. The van der Waals surface area contributed by atoms with Gasteiger partial charge < -0.3 is 10.5 Å². The molecule has 9 nitrogen and oxygen atoms in total. The molecule has 2 aromatic rings. The van der Waals surface area contributed by atoms with Crippen LogP contribution >= 0.6 is 11.3 Å². The Bertz CT molecular complexity index is 736. The molecule has 114 valence electrons. The number of aromatic nitrogens is 3. The van der Waals surface area contributed by atoms with Crippen molar-refractivity contribution in [3.8, 4) is 0 Å². The Labute approximate surface area is 124 Å². The predicted octanol–water partition coefficient (Wildman–Crippen LogP) is 0.104. The van der Waals surface area contributed by atoms with Gasteiger partial charge in [0, 0.05) is 11.4 Å². The van der Waals surface area contributed by atoms with Gasteiger partial charge in [-0.3, -0.25) is 5.10 Å². The lowest BCUT2D eigenvalue weighted by Crippen LogP contribution is -2.23. The molecule has 4 N–H and O–H groups in total. The van der Waals surface area contributed by atoms with Gasteiger partial charge in [-0.2, -0.15) is 5.10 Å². The van der Waals surface area contributed by atoms with Crippen LogP contribution in [0.5, 0.6) is 0 Å². The predicted molar refractivity (Wildman–Crippen MR) is 75.1 cm³/mol. The van der Waals surface area contributed by atoms with Crippen LogP contribution in [-0.4, -0.2) is 36.2 Å². The molecule has 11 heteroatoms. The van der Waals surface area contributed by atoms with Crippen LogP contribution in [0.2, 0.25) is 0 Å². The van der Waals surface area contributed by atoms with E-state index in [1.807, 2.05) is 0 Å². The highest BCUT2D eigenvalue weighted by Crippen LogP contribution is 2.12. The molecule has 0 amide bonds. The van der Waals surface area contributed by atoms with Gasteiger partial charge in [0.25, 0.3) is 10.0 Å². The van der Waals surface area contributed by atoms with Gasteiger partial charge >= 0.3 is 5.97 Å². The molecule has 0 aliphatic carbocycles. The van der Waals surface area contributed by atoms with Crippen LogP contribution in [0.4, 0.5) is 5.13 Å². The van der Waals surface area contributed by atoms with Gasteiger partial charge in [0.2, 0.25) is 0 Å². The smallest absolute Gasteiger partial charge is 0.358 e. The maximum absolute atomic E-state index is 12.0. The first kappa shape index (κ1) is 15.4. The molecule has 2 aromatic heterocycles. The summed E-state index contributed by atoms with van der Waals surface area (Å²) in [5, 5.41) is 7.67. The first-order valence-electron chi connectivity index (χ1n) is 5.84. The molecule has 0 spiro atoms. The molecular weight excluding hydrogens is 318 g/mol. The molecule has 0 saturated carbocycles. The number of H-pyrrole nitrogens is 1. The minimum Gasteiger partial charge on any atom is -0.461 e. The van der Waals surface area contributed by atoms with Crippen LogP contribution in [0.25, 0.3) is 0 Å². The molecule has 0 aliphatic rings. The quantitative estimate of drug-likeness (QED) is 0.638. The number of carbonyl (C=O) groups is 1. The normalized spacial score (nSPS) is 11.5. The summed E-state index contributed by atoms with van der Waals surface area (Å²) in [4.78, 5) is 15.4. The molecule has 0 atom stereocenters. The Hall–Kier alpha value is -1.98. The second kappa shape index (κ2) is 6.20. The van der Waals surface area contributed by atoms with Gasteiger partial charge in [-0.15, -0.1) is 11.3 Å². The largest absolute Gasteiger partial charge is 0.461 e. The molecule has 0 radical (unpaired) electrons. The summed E-state index contributed by atoms with van der Waals surface area (Å²) in [6, 6.07) is 1.11. The third-order valence-corrected chi connectivity index (χ3v) is 4.38. The number of nitrogens with one attached hydrogen (secondary N) is 2. The highest BCUT2D eigenvalue weighted by molar-refractivity contribution is 7.89. The Morgan fingerprint density at radius 1 is 1.57 bits per heavy atom. The lowest BCUT2D eigenvalue weighted by atomic mass is 10.4. The summed E-state index contributed by atoms with van der Waals surface area (Å²) in [7, 11) is -3.83. The van der Waals surface area contributed by atoms with E-state index >= 15 is 0 Å². The average Bonchev–Trinajstić information content (AvgIpc) is 3.06. The van der Waals surface area contributed by atoms with Gasteiger partial charge in [-0.1, -0.05) is 0 Å². The number of sulfonamides is 1. The number of nitrogens with two attached hydrogens (primary N) is 1. The minimum absolute atomic E-state index is 0.0101. The summed E-state index contributed by atoms with van der Waals surface area (Å²) in [5.74, 6) is -0.692. The van der Waals surface area contributed by atoms with Crippen molar-refractivity contribution in [2.24, 2.45) is 0 Å². The molecule has 21 heavy (non-hydrogen) atoms. The van der Waals surface area contributed by atoms with Crippen LogP contribution in [0.15, 0.2) is 16.5 Å². The van der Waals surface area contributed by atoms with E-state index in [1.165, 1.54) is 11.3 Å². The highest BCUT2D eigenvalue weighted by atomic mass is 32.2. The van der Waals surface area contributed by atoms with Crippen LogP contribution in [0.3, 0.4) is 0 Å². The highest BCUT2D eigenvalue weighted by Gasteiger charge is 2.20. The number of ether oxygens (including phenoxy) is 1. The number of aromatic amines is 1. The van der Waals surface area contributed by atoms with Crippen molar-refractivity contribution in [2.75, 3.05) is 12.3 Å². The fourth-order valence-corrected chi connectivity index (χ4v) is 2.89. The van der Waals surface area contributed by atoms with Crippen LogP contribution in [-0.2, 0) is 21.3 Å². The number of nitrogens with zero attached hydrogens (tertiary/aromatic N) is 2. The van der Waals surface area contributed by atoms with Crippen molar-refractivity contribution in [1.29, 1.82) is 0 Å². The molecule has 0 fully saturated rings. The van der Waals surface area contributed by atoms with Crippen molar-refractivity contribution in [3.63, 3.8) is 0 Å². The zero-order chi connectivity index (χ0) is 15.5. The Kier molecular flexibility index (Phi) is 4.55. The molecular formula is C10H13N5O4S2. The molecule has 0 aliphatic heterocycles. The summed E-state index contributed by atoms with van der Waals surface area (Å²) < 4.78 is 31.1. The maximum atomic E-state index is 12.0. The Balaban J connectivity index is 2.07. The Morgan fingerprint density at radius 2 is 2.33 bits per heavy atom. The second-order valence-corrected chi connectivity index (χ2v) is 6.46. The third kappa shape index (κ3) is 3.77. The van der Waals surface area contributed by atoms with Crippen LogP contribution < -0.4 is 10.5 Å². The number of rotatable bonds is 6. The fraction of sp³-hybridized carbons (Fsp3) is 0.300. The maximum Gasteiger partial charge on any atom is 0.358 e. The SMILES string of the molecule is CCOC(=O)c1cc(S(=O)(=O)NCc2csc(N)n2)[nH]n1. The van der Waals surface area contributed by atoms with Crippen molar-refractivity contribution in [2.45, 2.75) is 18.5 Å². The molecule has 0 unspecified atom stereocenters. The molecule has 0 saturated heterocycles. The second-order valence-electron chi connectivity index (χ2n) is 3.84. The first-order valence-corrected chi connectivity index (χ1v) is 8.20. The summed E-state index contributed by atoms with van der Waals surface area (Å²) >= 11 is 1.21. The zero-order valence-electron chi connectivity index (χ0n) is 11.0. The number of esters is 1. The van der Waals surface area contributed by atoms with Crippen molar-refractivity contribution in [1.82, 2.24) is 19.9 Å². The monoisotopic (exact) mass is 331 g/mol. The van der Waals surface area contributed by atoms with Gasteiger partial charge in [-0.05, 0) is 6.92 Å². The lowest BCUT2D eigenvalue weighted by molar-refractivity contribution is 0.0519. The van der Waals surface area contributed by atoms with Gasteiger partial charge in [0.05, 0.1) is 18.8 Å². The lowest BCUT2D eigenvalue weighted by Gasteiger charge is -2.01. The van der Waals surface area contributed by atoms with E-state index in [9.17, 15) is 13.2 Å². The molecule has 2 rings (SSSR count). The zero-order valence-corrected chi connectivity index (χ0v) is 12.6. The fourth-order valence-electron chi connectivity index (χ4n) is 1.40. The topological polar surface area (TPSA) is 140 Å². The van der Waals surface area contributed by atoms with E-state index < -0.39 is 16.0 Å². The van der Waals surface area contributed by atoms with Gasteiger partial charge in [0.1, 0.15) is 0 Å². The van der Waals surface area contributed by atoms with Crippen LogP contribution in [0.1, 0.15) is 23.1 Å². The molecule has 0 bridgehead atoms. The standard InChI is InChI=1S/C10H13N5O4S2/c1-2-19-9(16)7-3-8(15-14-7)21(17,18)12-4-6-5-20-10(11)13-6/h3,5,12H,2,4H2,1H3,(H2,11,13)(H,14,15). The molecule has 0 aromatic carbocycles. The number of anilines is 1. The number of hydrogen-bond acceptors (Lipinski definition) is 8. The number of nitrogen functional groups attached to an aromatic ring is 1. The van der Waals surface area contributed by atoms with Gasteiger partial charge in [0.15, 0.2) is 15.9 Å². The minimum atomic E-state index is -3.83. The third-order valence-electron chi connectivity index (χ3n) is 2.34. The number of hydrogen-bond donors (Lipinski definition) is 3. The van der Waals surface area contributed by atoms with Crippen molar-refractivity contribution < 1.29 is 17.9 Å². The van der Waals surface area contributed by atoms with Crippen molar-refractivity contribution >= 4 is 32.5 Å². The molecule has 2 heterocycles. The number of carbonyl (C=O) groups excluding carboxylic acids is 1. The van der Waals surface area contributed by atoms with E-state index in [4.69, 9.17) is 10.5 Å². The Morgan fingerprint density at radius 3 is 2.95 bits per heavy atom. The van der Waals surface area contributed by atoms with Crippen molar-refractivity contribution in [3.05, 3.63) is 22.8 Å². The summed E-state index contributed by atoms with van der Waals surface area (Å²) in [6.45, 7) is 1.81. The van der Waals surface area contributed by atoms with E-state index in [0.29, 0.717) is 10.8 Å². The van der Waals surface area contributed by atoms with E-state index in [2.05, 4.69) is 19.9 Å². The average molecular weight is 331 g/mol. The number of thiazole rings is 1.